The predicted molar refractivity (Wildman–Crippen MR) is 105 cm³/mol. The summed E-state index contributed by atoms with van der Waals surface area (Å²) in [6, 6.07) is 5.11. The van der Waals surface area contributed by atoms with Gasteiger partial charge < -0.3 is 9.47 Å². The zero-order valence-electron chi connectivity index (χ0n) is 15.6. The molecule has 3 saturated carbocycles. The number of carbonyl (C=O) groups excluding carboxylic acids is 1. The number of ether oxygens (including phenoxy) is 2. The number of carbonyl (C=O) groups is 1. The molecule has 4 rings (SSSR count). The van der Waals surface area contributed by atoms with E-state index in [2.05, 4.69) is 13.8 Å². The minimum Gasteiger partial charge on any atom is -0.492 e. The lowest BCUT2D eigenvalue weighted by molar-refractivity contribution is -0.146. The highest BCUT2D eigenvalue weighted by Crippen LogP contribution is 2.61. The Morgan fingerprint density at radius 1 is 1.23 bits per heavy atom. The Kier molecular flexibility index (Phi) is 6.40. The van der Waals surface area contributed by atoms with E-state index in [-0.39, 0.29) is 5.97 Å². The van der Waals surface area contributed by atoms with Crippen LogP contribution in [-0.4, -0.2) is 19.2 Å². The minimum atomic E-state index is -0.141. The largest absolute Gasteiger partial charge is 0.492 e. The molecule has 3 fully saturated rings. The van der Waals surface area contributed by atoms with Crippen LogP contribution in [0, 0.1) is 23.2 Å². The molecule has 3 aliphatic rings. The Balaban J connectivity index is 1.29. The Morgan fingerprint density at radius 2 is 2.04 bits per heavy atom. The van der Waals surface area contributed by atoms with Crippen molar-refractivity contribution in [3.05, 3.63) is 28.2 Å². The molecule has 0 saturated heterocycles. The normalized spacial score (nSPS) is 26.1. The van der Waals surface area contributed by atoms with Gasteiger partial charge in [0.1, 0.15) is 5.75 Å². The maximum atomic E-state index is 11.9. The van der Waals surface area contributed by atoms with Crippen LogP contribution in [0.3, 0.4) is 0 Å². The fourth-order valence-corrected chi connectivity index (χ4v) is 5.16. The molecule has 0 amide bonds. The average molecular weight is 399 g/mol. The minimum absolute atomic E-state index is 0.141. The molecule has 26 heavy (non-hydrogen) atoms. The molecule has 0 radical (unpaired) electrons. The highest BCUT2D eigenvalue weighted by Gasteiger charge is 2.53. The maximum Gasteiger partial charge on any atom is 0.305 e. The number of benzene rings is 1. The van der Waals surface area contributed by atoms with E-state index in [9.17, 15) is 4.79 Å². The second-order valence-corrected chi connectivity index (χ2v) is 9.08. The molecule has 3 nitrogen and oxygen atoms in total. The first-order chi connectivity index (χ1) is 12.4. The molecule has 0 N–H and O–H groups in total. The Bertz CT molecular complexity index is 642. The van der Waals surface area contributed by atoms with Crippen LogP contribution >= 0.6 is 23.2 Å². The summed E-state index contributed by atoms with van der Waals surface area (Å²) >= 11 is 11.9. The number of rotatable bonds is 8. The van der Waals surface area contributed by atoms with Crippen LogP contribution in [0.5, 0.6) is 5.75 Å². The third kappa shape index (κ3) is 4.48. The zero-order valence-corrected chi connectivity index (χ0v) is 17.1. The monoisotopic (exact) mass is 398 g/mol. The summed E-state index contributed by atoms with van der Waals surface area (Å²) in [5, 5.41) is 1.05. The smallest absolute Gasteiger partial charge is 0.305 e. The topological polar surface area (TPSA) is 35.5 Å². The van der Waals surface area contributed by atoms with Crippen molar-refractivity contribution < 1.29 is 14.3 Å². The fourth-order valence-electron chi connectivity index (χ4n) is 4.70. The van der Waals surface area contributed by atoms with E-state index in [0.29, 0.717) is 47.3 Å². The van der Waals surface area contributed by atoms with Gasteiger partial charge in [-0.05, 0) is 73.5 Å². The molecule has 144 valence electrons. The van der Waals surface area contributed by atoms with Crippen LogP contribution in [0.4, 0.5) is 0 Å². The van der Waals surface area contributed by atoms with E-state index in [1.807, 2.05) is 0 Å². The van der Waals surface area contributed by atoms with E-state index < -0.39 is 0 Å². The van der Waals surface area contributed by atoms with Crippen LogP contribution in [0.2, 0.25) is 10.0 Å². The van der Waals surface area contributed by atoms with E-state index in [1.54, 1.807) is 18.2 Å². The van der Waals surface area contributed by atoms with Crippen LogP contribution in [0.1, 0.15) is 52.4 Å². The van der Waals surface area contributed by atoms with Gasteiger partial charge in [0.2, 0.25) is 0 Å². The second kappa shape index (κ2) is 8.39. The standard InChI is InChI=1S/C21H28Cl2O3/c1-21(2)15-6-5-14(17(21)12-15)9-11-26-20(24)4-3-10-25-19-8-7-16(22)13-18(19)23/h7-8,13-15,17H,3-6,9-12H2,1-2H3. The van der Waals surface area contributed by atoms with Gasteiger partial charge in [0.05, 0.1) is 18.2 Å². The molecule has 3 atom stereocenters. The Labute approximate surface area is 166 Å². The summed E-state index contributed by atoms with van der Waals surface area (Å²) in [6.45, 7) is 5.77. The van der Waals surface area contributed by atoms with Crippen molar-refractivity contribution in [1.29, 1.82) is 0 Å². The molecule has 0 aliphatic heterocycles. The molecule has 0 aromatic heterocycles. The van der Waals surface area contributed by atoms with Crippen molar-refractivity contribution in [1.82, 2.24) is 0 Å². The van der Waals surface area contributed by atoms with Gasteiger partial charge in [-0.2, -0.15) is 0 Å². The summed E-state index contributed by atoms with van der Waals surface area (Å²) in [5.41, 5.74) is 0.493. The molecular weight excluding hydrogens is 371 g/mol. The van der Waals surface area contributed by atoms with Crippen molar-refractivity contribution in [2.24, 2.45) is 23.2 Å². The summed E-state index contributed by atoms with van der Waals surface area (Å²) in [5.74, 6) is 2.90. The molecule has 3 unspecified atom stereocenters. The molecule has 1 aromatic carbocycles. The summed E-state index contributed by atoms with van der Waals surface area (Å²) in [4.78, 5) is 11.9. The van der Waals surface area contributed by atoms with Crippen molar-refractivity contribution in [3.8, 4) is 5.75 Å². The molecule has 0 spiro atoms. The molecule has 0 heterocycles. The van der Waals surface area contributed by atoms with Gasteiger partial charge >= 0.3 is 5.97 Å². The third-order valence-corrected chi connectivity index (χ3v) is 6.96. The fraction of sp³-hybridized carbons (Fsp3) is 0.667. The van der Waals surface area contributed by atoms with Crippen LogP contribution < -0.4 is 4.74 Å². The molecule has 3 aliphatic carbocycles. The average Bonchev–Trinajstić information content (AvgIpc) is 2.60. The third-order valence-electron chi connectivity index (χ3n) is 6.43. The van der Waals surface area contributed by atoms with Crippen LogP contribution in [-0.2, 0) is 9.53 Å². The lowest BCUT2D eigenvalue weighted by Crippen LogP contribution is -2.52. The van der Waals surface area contributed by atoms with Crippen molar-refractivity contribution in [2.75, 3.05) is 13.2 Å². The highest BCUT2D eigenvalue weighted by atomic mass is 35.5. The lowest BCUT2D eigenvalue weighted by Gasteiger charge is -2.60. The number of halogens is 2. The summed E-state index contributed by atoms with van der Waals surface area (Å²) in [6.07, 6.45) is 5.99. The summed E-state index contributed by atoms with van der Waals surface area (Å²) in [7, 11) is 0. The van der Waals surface area contributed by atoms with E-state index in [1.165, 1.54) is 19.3 Å². The van der Waals surface area contributed by atoms with Gasteiger partial charge in [-0.15, -0.1) is 0 Å². The summed E-state index contributed by atoms with van der Waals surface area (Å²) < 4.78 is 11.0. The number of hydrogen-bond donors (Lipinski definition) is 0. The van der Waals surface area contributed by atoms with E-state index in [4.69, 9.17) is 32.7 Å². The first-order valence-electron chi connectivity index (χ1n) is 9.61. The van der Waals surface area contributed by atoms with Gasteiger partial charge in [0.15, 0.2) is 0 Å². The van der Waals surface area contributed by atoms with E-state index in [0.717, 1.165) is 24.2 Å². The van der Waals surface area contributed by atoms with Gasteiger partial charge in [-0.3, -0.25) is 4.79 Å². The van der Waals surface area contributed by atoms with Crippen molar-refractivity contribution >= 4 is 29.2 Å². The first-order valence-corrected chi connectivity index (χ1v) is 10.4. The maximum absolute atomic E-state index is 11.9. The van der Waals surface area contributed by atoms with Crippen molar-refractivity contribution in [3.63, 3.8) is 0 Å². The Morgan fingerprint density at radius 3 is 2.73 bits per heavy atom. The van der Waals surface area contributed by atoms with Gasteiger partial charge in [-0.1, -0.05) is 37.0 Å². The SMILES string of the molecule is CC1(C)C2CCC(CCOC(=O)CCCOc3ccc(Cl)cc3Cl)C1C2. The quantitative estimate of drug-likeness (QED) is 0.388. The molecule has 1 aromatic rings. The van der Waals surface area contributed by atoms with Crippen molar-refractivity contribution in [2.45, 2.75) is 52.4 Å². The number of hydrogen-bond acceptors (Lipinski definition) is 3. The molecule has 2 bridgehead atoms. The Hall–Kier alpha value is -0.930. The van der Waals surface area contributed by atoms with Gasteiger partial charge in [-0.25, -0.2) is 0 Å². The van der Waals surface area contributed by atoms with Crippen LogP contribution in [0.15, 0.2) is 18.2 Å². The van der Waals surface area contributed by atoms with E-state index >= 15 is 0 Å². The van der Waals surface area contributed by atoms with Crippen LogP contribution in [0.25, 0.3) is 0 Å². The zero-order chi connectivity index (χ0) is 18.7. The van der Waals surface area contributed by atoms with Gasteiger partial charge in [0, 0.05) is 11.4 Å². The first kappa shape index (κ1) is 19.8. The second-order valence-electron chi connectivity index (χ2n) is 8.23. The lowest BCUT2D eigenvalue weighted by atomic mass is 9.45. The highest BCUT2D eigenvalue weighted by molar-refractivity contribution is 6.35. The predicted octanol–water partition coefficient (Wildman–Crippen LogP) is 6.16. The molecule has 5 heteroatoms. The number of esters is 1. The number of fused-ring (bicyclic) bond motifs is 2. The van der Waals surface area contributed by atoms with Gasteiger partial charge in [0.25, 0.3) is 0 Å². The molecular formula is C21H28Cl2O3.